The van der Waals surface area contributed by atoms with Crippen LogP contribution < -0.4 is 5.32 Å². The second kappa shape index (κ2) is 8.71. The largest absolute Gasteiger partial charge is 0.443 e. The number of nitrogens with one attached hydrogen (secondary N) is 1. The number of likely N-dealkylation sites (tertiary alicyclic amines) is 1. The fourth-order valence-corrected chi connectivity index (χ4v) is 5.02. The number of amides is 1. The molecule has 0 unspecified atom stereocenters. The maximum Gasteiger partial charge on any atom is 0.419 e. The Balaban J connectivity index is 1.64. The third-order valence-corrected chi connectivity index (χ3v) is 6.65. The van der Waals surface area contributed by atoms with E-state index in [1.165, 1.54) is 35.6 Å². The number of piperidine rings is 1. The van der Waals surface area contributed by atoms with Crippen LogP contribution in [0.4, 0.5) is 4.79 Å². The first-order chi connectivity index (χ1) is 16.2. The highest BCUT2D eigenvalue weighted by molar-refractivity contribution is 6.32. The van der Waals surface area contributed by atoms with Crippen molar-refractivity contribution in [1.29, 1.82) is 0 Å². The number of benzene rings is 1. The molecule has 1 saturated heterocycles. The minimum atomic E-state index is -0.675. The topological polar surface area (TPSA) is 76.5 Å². The summed E-state index contributed by atoms with van der Waals surface area (Å²) in [6.07, 6.45) is 4.79. The van der Waals surface area contributed by atoms with Crippen LogP contribution in [0.15, 0.2) is 30.5 Å². The van der Waals surface area contributed by atoms with Crippen LogP contribution in [0.25, 0.3) is 22.3 Å². The van der Waals surface area contributed by atoms with E-state index < -0.39 is 11.7 Å². The van der Waals surface area contributed by atoms with Gasteiger partial charge >= 0.3 is 6.09 Å². The van der Waals surface area contributed by atoms with Crippen LogP contribution >= 0.6 is 11.6 Å². The molecule has 8 heteroatoms. The molecule has 1 N–H and O–H groups in total. The van der Waals surface area contributed by atoms with E-state index in [1.807, 2.05) is 32.9 Å². The molecule has 0 spiro atoms. The first-order valence-electron chi connectivity index (χ1n) is 11.8. The molecule has 3 aromatic rings. The summed E-state index contributed by atoms with van der Waals surface area (Å²) in [6, 6.07) is 8.05. The van der Waals surface area contributed by atoms with E-state index in [-0.39, 0.29) is 5.91 Å². The van der Waals surface area contributed by atoms with E-state index in [9.17, 15) is 9.59 Å². The van der Waals surface area contributed by atoms with Gasteiger partial charge in [0.25, 0.3) is 5.91 Å². The summed E-state index contributed by atoms with van der Waals surface area (Å²) in [5.74, 6) is -0.244. The average Bonchev–Trinajstić information content (AvgIpc) is 3.35. The smallest absolute Gasteiger partial charge is 0.419 e. The lowest BCUT2D eigenvalue weighted by Gasteiger charge is -2.26. The van der Waals surface area contributed by atoms with E-state index in [2.05, 4.69) is 27.3 Å². The maximum absolute atomic E-state index is 13.4. The van der Waals surface area contributed by atoms with Crippen LogP contribution in [0.5, 0.6) is 0 Å². The molecule has 0 saturated carbocycles. The van der Waals surface area contributed by atoms with Crippen LogP contribution in [-0.4, -0.2) is 45.1 Å². The summed E-state index contributed by atoms with van der Waals surface area (Å²) in [7, 11) is 0. The van der Waals surface area contributed by atoms with Gasteiger partial charge in [-0.2, -0.15) is 0 Å². The summed E-state index contributed by atoms with van der Waals surface area (Å²) in [5, 5.41) is 4.15. The summed E-state index contributed by atoms with van der Waals surface area (Å²) in [4.78, 5) is 33.0. The molecule has 7 nitrogen and oxygen atoms in total. The molecule has 1 aromatic carbocycles. The van der Waals surface area contributed by atoms with Crippen molar-refractivity contribution in [2.24, 2.45) is 0 Å². The summed E-state index contributed by atoms with van der Waals surface area (Å²) in [6.45, 7) is 8.93. The molecule has 178 valence electrons. The van der Waals surface area contributed by atoms with Gasteiger partial charge in [-0.25, -0.2) is 9.36 Å². The Morgan fingerprint density at radius 1 is 1.18 bits per heavy atom. The molecule has 5 rings (SSSR count). The number of ether oxygens (including phenoxy) is 1. The van der Waals surface area contributed by atoms with Gasteiger partial charge in [0.15, 0.2) is 0 Å². The number of nitrogens with zero attached hydrogens (tertiary/aromatic N) is 3. The van der Waals surface area contributed by atoms with Gasteiger partial charge in [-0.1, -0.05) is 24.1 Å². The third-order valence-electron chi connectivity index (χ3n) is 6.33. The zero-order valence-electron chi connectivity index (χ0n) is 19.8. The van der Waals surface area contributed by atoms with Crippen molar-refractivity contribution in [2.75, 3.05) is 13.1 Å². The van der Waals surface area contributed by atoms with Crippen molar-refractivity contribution < 1.29 is 14.3 Å². The van der Waals surface area contributed by atoms with Crippen LogP contribution in [-0.2, 0) is 17.8 Å². The van der Waals surface area contributed by atoms with Gasteiger partial charge in [0, 0.05) is 30.2 Å². The molecular formula is C26H29ClN4O3. The molecule has 34 heavy (non-hydrogen) atoms. The lowest BCUT2D eigenvalue weighted by atomic mass is 10.1. The fraction of sp³-hybridized carbons (Fsp3) is 0.423. The predicted molar refractivity (Wildman–Crippen MR) is 132 cm³/mol. The molecule has 1 amide bonds. The van der Waals surface area contributed by atoms with Gasteiger partial charge in [-0.15, -0.1) is 0 Å². The van der Waals surface area contributed by atoms with Crippen LogP contribution in [0, 0.1) is 0 Å². The highest BCUT2D eigenvalue weighted by Crippen LogP contribution is 2.35. The monoisotopic (exact) mass is 480 g/mol. The van der Waals surface area contributed by atoms with E-state index >= 15 is 0 Å². The van der Waals surface area contributed by atoms with Crippen LogP contribution in [0.1, 0.15) is 61.5 Å². The molecule has 0 bridgehead atoms. The third kappa shape index (κ3) is 4.30. The molecule has 0 aliphatic carbocycles. The van der Waals surface area contributed by atoms with E-state index in [0.29, 0.717) is 34.1 Å². The van der Waals surface area contributed by atoms with Crippen molar-refractivity contribution >= 4 is 34.5 Å². The first kappa shape index (κ1) is 22.9. The van der Waals surface area contributed by atoms with E-state index in [0.717, 1.165) is 30.5 Å². The minimum Gasteiger partial charge on any atom is -0.443 e. The Morgan fingerprint density at radius 2 is 1.94 bits per heavy atom. The number of pyridine rings is 1. The highest BCUT2D eigenvalue weighted by atomic mass is 35.5. The number of halogens is 1. The first-order valence-corrected chi connectivity index (χ1v) is 12.1. The van der Waals surface area contributed by atoms with E-state index in [1.54, 1.807) is 0 Å². The lowest BCUT2D eigenvalue weighted by Crippen LogP contribution is -2.29. The minimum absolute atomic E-state index is 0.244. The van der Waals surface area contributed by atoms with Crippen LogP contribution in [0.2, 0.25) is 5.02 Å². The number of hydrogen-bond acceptors (Lipinski definition) is 5. The SMILES string of the molecule is CC(C)(C)OC(=O)n1c(-c2ncc(Cl)c3c2C(=O)NC3)cc2cc(CN3CCCCC3)ccc21. The Bertz CT molecular complexity index is 1290. The predicted octanol–water partition coefficient (Wildman–Crippen LogP) is 5.37. The van der Waals surface area contributed by atoms with Crippen molar-refractivity contribution in [3.8, 4) is 11.4 Å². The molecule has 2 aromatic heterocycles. The molecule has 0 radical (unpaired) electrons. The van der Waals surface area contributed by atoms with Gasteiger partial charge in [0.1, 0.15) is 11.3 Å². The second-order valence-electron chi connectivity index (χ2n) is 10.1. The van der Waals surface area contributed by atoms with Gasteiger partial charge in [0.2, 0.25) is 0 Å². The molecule has 4 heterocycles. The highest BCUT2D eigenvalue weighted by Gasteiger charge is 2.31. The lowest BCUT2D eigenvalue weighted by molar-refractivity contribution is 0.0546. The number of carbonyl (C=O) groups is 2. The van der Waals surface area contributed by atoms with Crippen molar-refractivity contribution in [3.63, 3.8) is 0 Å². The van der Waals surface area contributed by atoms with Crippen molar-refractivity contribution in [2.45, 2.75) is 58.7 Å². The summed E-state index contributed by atoms with van der Waals surface area (Å²) < 4.78 is 7.26. The number of hydrogen-bond donors (Lipinski definition) is 1. The Hall–Kier alpha value is -2.90. The van der Waals surface area contributed by atoms with Crippen LogP contribution in [0.3, 0.4) is 0 Å². The molecule has 2 aliphatic rings. The Morgan fingerprint density at radius 3 is 2.68 bits per heavy atom. The maximum atomic E-state index is 13.4. The Labute approximate surface area is 204 Å². The van der Waals surface area contributed by atoms with Gasteiger partial charge < -0.3 is 10.1 Å². The van der Waals surface area contributed by atoms with E-state index in [4.69, 9.17) is 16.3 Å². The molecule has 1 fully saturated rings. The number of carbonyl (C=O) groups excluding carboxylic acids is 2. The number of fused-ring (bicyclic) bond motifs is 2. The summed E-state index contributed by atoms with van der Waals surface area (Å²) in [5.41, 5.74) is 3.28. The van der Waals surface area contributed by atoms with Gasteiger partial charge in [0.05, 0.1) is 21.8 Å². The summed E-state index contributed by atoms with van der Waals surface area (Å²) >= 11 is 6.32. The standard InChI is InChI=1S/C26H29ClN4O3/c1-26(2,3)34-25(33)31-20-8-7-16(15-30-9-5-4-6-10-30)11-17(20)12-21(31)23-22-18(13-29-24(22)32)19(27)14-28-23/h7-8,11-12,14H,4-6,9-10,13,15H2,1-3H3,(H,29,32). The quantitative estimate of drug-likeness (QED) is 0.545. The molecule has 2 aliphatic heterocycles. The number of rotatable bonds is 3. The van der Waals surface area contributed by atoms with Crippen molar-refractivity contribution in [3.05, 3.63) is 52.2 Å². The van der Waals surface area contributed by atoms with Crippen molar-refractivity contribution in [1.82, 2.24) is 19.8 Å². The second-order valence-corrected chi connectivity index (χ2v) is 10.5. The number of aromatic nitrogens is 2. The fourth-order valence-electron chi connectivity index (χ4n) is 4.81. The average molecular weight is 481 g/mol. The molecular weight excluding hydrogens is 452 g/mol. The van der Waals surface area contributed by atoms with Gasteiger partial charge in [-0.3, -0.25) is 14.7 Å². The molecule has 0 atom stereocenters. The van der Waals surface area contributed by atoms with Gasteiger partial charge in [-0.05, 0) is 70.5 Å². The Kier molecular flexibility index (Phi) is 5.86. The normalized spacial score (nSPS) is 16.5. The zero-order chi connectivity index (χ0) is 24.0. The zero-order valence-corrected chi connectivity index (χ0v) is 20.5.